The molecule has 0 saturated carbocycles. The monoisotopic (exact) mass is 288 g/mol. The summed E-state index contributed by atoms with van der Waals surface area (Å²) in [6.45, 7) is 0. The van der Waals surface area contributed by atoms with Gasteiger partial charge in [-0.15, -0.1) is 10.2 Å². The summed E-state index contributed by atoms with van der Waals surface area (Å²) < 4.78 is 42.4. The van der Waals surface area contributed by atoms with Crippen molar-refractivity contribution in [2.75, 3.05) is 7.11 Å². The van der Waals surface area contributed by atoms with E-state index in [9.17, 15) is 13.2 Å². The fourth-order valence-electron chi connectivity index (χ4n) is 1.55. The first kappa shape index (κ1) is 13.6. The Bertz CT molecular complexity index is 585. The summed E-state index contributed by atoms with van der Waals surface area (Å²) in [5, 5.41) is 7.46. The third kappa shape index (κ3) is 2.96. The zero-order valence-electron chi connectivity index (χ0n) is 9.70. The topological polar surface area (TPSA) is 35.0 Å². The number of rotatable bonds is 2. The molecule has 0 aliphatic carbocycles. The molecule has 7 heteroatoms. The average molecular weight is 289 g/mol. The lowest BCUT2D eigenvalue weighted by Gasteiger charge is -2.09. The molecule has 0 radical (unpaired) electrons. The Kier molecular flexibility index (Phi) is 3.61. The number of benzene rings is 1. The van der Waals surface area contributed by atoms with Crippen LogP contribution < -0.4 is 4.74 Å². The molecular formula is C12H8ClF3N2O. The minimum absolute atomic E-state index is 0.135. The maximum absolute atomic E-state index is 12.5. The predicted octanol–water partition coefficient (Wildman–Crippen LogP) is 3.82. The highest BCUT2D eigenvalue weighted by Gasteiger charge is 2.30. The zero-order valence-corrected chi connectivity index (χ0v) is 10.5. The highest BCUT2D eigenvalue weighted by atomic mass is 35.5. The maximum atomic E-state index is 12.5. The second-order valence-electron chi connectivity index (χ2n) is 3.67. The molecule has 1 aromatic heterocycles. The number of nitrogens with zero attached hydrogens (tertiary/aromatic N) is 2. The van der Waals surface area contributed by atoms with Crippen LogP contribution in [-0.4, -0.2) is 17.3 Å². The Morgan fingerprint density at radius 3 is 2.26 bits per heavy atom. The minimum Gasteiger partial charge on any atom is -0.479 e. The van der Waals surface area contributed by atoms with Crippen LogP contribution in [0.3, 0.4) is 0 Å². The molecule has 0 saturated heterocycles. The van der Waals surface area contributed by atoms with E-state index in [2.05, 4.69) is 10.2 Å². The minimum atomic E-state index is -4.36. The van der Waals surface area contributed by atoms with Gasteiger partial charge in [-0.25, -0.2) is 0 Å². The Balaban J connectivity index is 2.45. The van der Waals surface area contributed by atoms with Crippen molar-refractivity contribution in [1.29, 1.82) is 0 Å². The van der Waals surface area contributed by atoms with Crippen molar-refractivity contribution in [3.05, 3.63) is 41.0 Å². The van der Waals surface area contributed by atoms with Crippen molar-refractivity contribution in [3.63, 3.8) is 0 Å². The van der Waals surface area contributed by atoms with E-state index in [0.29, 0.717) is 11.1 Å². The number of halogens is 4. The molecule has 0 aliphatic heterocycles. The van der Waals surface area contributed by atoms with Crippen LogP contribution in [0.15, 0.2) is 30.3 Å². The Morgan fingerprint density at radius 1 is 1.11 bits per heavy atom. The van der Waals surface area contributed by atoms with Gasteiger partial charge in [0, 0.05) is 5.56 Å². The first-order valence-corrected chi connectivity index (χ1v) is 5.54. The van der Waals surface area contributed by atoms with E-state index in [1.54, 1.807) is 0 Å². The second kappa shape index (κ2) is 5.05. The first-order valence-electron chi connectivity index (χ1n) is 5.16. The van der Waals surface area contributed by atoms with Crippen LogP contribution in [0, 0.1) is 0 Å². The van der Waals surface area contributed by atoms with Gasteiger partial charge in [0.1, 0.15) is 0 Å². The number of methoxy groups -OCH3 is 1. The van der Waals surface area contributed by atoms with Gasteiger partial charge in [-0.05, 0) is 23.8 Å². The molecule has 19 heavy (non-hydrogen) atoms. The standard InChI is InChI=1S/C12H8ClF3N2O/c1-19-11-9(6-10(13)17-18-11)7-2-4-8(5-3-7)12(14,15)16/h2-6H,1H3. The summed E-state index contributed by atoms with van der Waals surface area (Å²) in [4.78, 5) is 0. The Hall–Kier alpha value is -1.82. The summed E-state index contributed by atoms with van der Waals surface area (Å²) >= 11 is 5.72. The van der Waals surface area contributed by atoms with Gasteiger partial charge in [0.2, 0.25) is 5.88 Å². The predicted molar refractivity (Wildman–Crippen MR) is 64.0 cm³/mol. The smallest absolute Gasteiger partial charge is 0.416 e. The van der Waals surface area contributed by atoms with Crippen LogP contribution in [0.5, 0.6) is 5.88 Å². The zero-order chi connectivity index (χ0) is 14.0. The number of ether oxygens (including phenoxy) is 1. The third-order valence-corrected chi connectivity index (χ3v) is 2.63. The number of hydrogen-bond donors (Lipinski definition) is 0. The van der Waals surface area contributed by atoms with Crippen molar-refractivity contribution in [2.24, 2.45) is 0 Å². The lowest BCUT2D eigenvalue weighted by atomic mass is 10.1. The molecule has 100 valence electrons. The molecule has 0 atom stereocenters. The normalized spacial score (nSPS) is 11.4. The summed E-state index contributed by atoms with van der Waals surface area (Å²) in [5.74, 6) is 0.198. The van der Waals surface area contributed by atoms with E-state index < -0.39 is 11.7 Å². The number of hydrogen-bond acceptors (Lipinski definition) is 3. The van der Waals surface area contributed by atoms with Crippen molar-refractivity contribution >= 4 is 11.6 Å². The van der Waals surface area contributed by atoms with Gasteiger partial charge in [0.25, 0.3) is 0 Å². The molecule has 2 aromatic rings. The second-order valence-corrected chi connectivity index (χ2v) is 4.05. The van der Waals surface area contributed by atoms with Crippen molar-refractivity contribution in [3.8, 4) is 17.0 Å². The van der Waals surface area contributed by atoms with Crippen LogP contribution in [0.4, 0.5) is 13.2 Å². The molecule has 3 nitrogen and oxygen atoms in total. The maximum Gasteiger partial charge on any atom is 0.416 e. The summed E-state index contributed by atoms with van der Waals surface area (Å²) in [6, 6.07) is 6.12. The highest BCUT2D eigenvalue weighted by Crippen LogP contribution is 2.33. The van der Waals surface area contributed by atoms with E-state index in [-0.39, 0.29) is 11.0 Å². The molecule has 1 aromatic carbocycles. The van der Waals surface area contributed by atoms with Gasteiger partial charge in [0.05, 0.1) is 12.7 Å². The van der Waals surface area contributed by atoms with Gasteiger partial charge < -0.3 is 4.74 Å². The van der Waals surface area contributed by atoms with Crippen LogP contribution in [0.1, 0.15) is 5.56 Å². The highest BCUT2D eigenvalue weighted by molar-refractivity contribution is 6.29. The van der Waals surface area contributed by atoms with Crippen molar-refractivity contribution in [2.45, 2.75) is 6.18 Å². The molecule has 0 bridgehead atoms. The van der Waals surface area contributed by atoms with Crippen LogP contribution in [0.2, 0.25) is 5.15 Å². The molecule has 0 unspecified atom stereocenters. The molecule has 0 fully saturated rings. The average Bonchev–Trinajstić information content (AvgIpc) is 2.38. The molecule has 2 rings (SSSR count). The van der Waals surface area contributed by atoms with Gasteiger partial charge in [-0.3, -0.25) is 0 Å². The van der Waals surface area contributed by atoms with E-state index in [4.69, 9.17) is 16.3 Å². The Labute approximate surface area is 112 Å². The van der Waals surface area contributed by atoms with Crippen LogP contribution >= 0.6 is 11.6 Å². The van der Waals surface area contributed by atoms with Gasteiger partial charge in [-0.1, -0.05) is 23.7 Å². The summed E-state index contributed by atoms with van der Waals surface area (Å²) in [6.07, 6.45) is -4.36. The van der Waals surface area contributed by atoms with Crippen molar-refractivity contribution in [1.82, 2.24) is 10.2 Å². The first-order chi connectivity index (χ1) is 8.91. The molecule has 0 N–H and O–H groups in total. The molecule has 0 aliphatic rings. The summed E-state index contributed by atoms with van der Waals surface area (Å²) in [5.41, 5.74) is 0.279. The quantitative estimate of drug-likeness (QED) is 0.842. The SMILES string of the molecule is COc1nnc(Cl)cc1-c1ccc(C(F)(F)F)cc1. The fourth-order valence-corrected chi connectivity index (χ4v) is 1.70. The largest absolute Gasteiger partial charge is 0.479 e. The van der Waals surface area contributed by atoms with E-state index in [0.717, 1.165) is 12.1 Å². The number of aromatic nitrogens is 2. The van der Waals surface area contributed by atoms with Gasteiger partial charge in [0.15, 0.2) is 5.15 Å². The number of alkyl halides is 3. The Morgan fingerprint density at radius 2 is 1.74 bits per heavy atom. The molecule has 0 amide bonds. The van der Waals surface area contributed by atoms with Gasteiger partial charge >= 0.3 is 6.18 Å². The lowest BCUT2D eigenvalue weighted by Crippen LogP contribution is -2.04. The fraction of sp³-hybridized carbons (Fsp3) is 0.167. The van der Waals surface area contributed by atoms with E-state index >= 15 is 0 Å². The van der Waals surface area contributed by atoms with E-state index in [1.807, 2.05) is 0 Å². The molecule has 1 heterocycles. The van der Waals surface area contributed by atoms with Crippen LogP contribution in [-0.2, 0) is 6.18 Å². The lowest BCUT2D eigenvalue weighted by molar-refractivity contribution is -0.137. The van der Waals surface area contributed by atoms with Crippen molar-refractivity contribution < 1.29 is 17.9 Å². The van der Waals surface area contributed by atoms with E-state index in [1.165, 1.54) is 25.3 Å². The summed E-state index contributed by atoms with van der Waals surface area (Å²) in [7, 11) is 1.39. The molecule has 0 spiro atoms. The molecular weight excluding hydrogens is 281 g/mol. The van der Waals surface area contributed by atoms with Crippen LogP contribution in [0.25, 0.3) is 11.1 Å². The van der Waals surface area contributed by atoms with Gasteiger partial charge in [-0.2, -0.15) is 13.2 Å². The third-order valence-electron chi connectivity index (χ3n) is 2.45.